The van der Waals surface area contributed by atoms with E-state index >= 15 is 0 Å². The molecule has 1 N–H and O–H groups in total. The van der Waals surface area contributed by atoms with Gasteiger partial charge in [-0.15, -0.1) is 0 Å². The maximum Gasteiger partial charge on any atom is 0.471 e. The molecule has 1 heterocycles. The molecule has 0 radical (unpaired) electrons. The van der Waals surface area contributed by atoms with Gasteiger partial charge in [0.2, 0.25) is 5.82 Å². The minimum Gasteiger partial charge on any atom is -0.449 e. The average Bonchev–Trinajstić information content (AvgIpc) is 3.23. The quantitative estimate of drug-likeness (QED) is 0.902. The highest BCUT2D eigenvalue weighted by Gasteiger charge is 2.38. The maximum absolute atomic E-state index is 12.4. The number of alkyl halides is 3. The van der Waals surface area contributed by atoms with Crippen LogP contribution in [0.25, 0.3) is 11.4 Å². The number of carbonyl (C=O) groups is 1. The summed E-state index contributed by atoms with van der Waals surface area (Å²) in [4.78, 5) is 14.8. The van der Waals surface area contributed by atoms with Gasteiger partial charge in [0.25, 0.3) is 0 Å². The van der Waals surface area contributed by atoms with E-state index in [9.17, 15) is 18.0 Å². The van der Waals surface area contributed by atoms with E-state index in [1.807, 2.05) is 0 Å². The molecule has 1 aromatic carbocycles. The number of amides is 1. The van der Waals surface area contributed by atoms with Crippen molar-refractivity contribution in [2.24, 2.45) is 5.92 Å². The third-order valence-electron chi connectivity index (χ3n) is 3.46. The lowest BCUT2D eigenvalue weighted by Gasteiger charge is -2.06. The molecule has 0 saturated heterocycles. The van der Waals surface area contributed by atoms with Crippen LogP contribution < -0.4 is 5.32 Å². The van der Waals surface area contributed by atoms with Gasteiger partial charge in [-0.05, 0) is 24.3 Å². The van der Waals surface area contributed by atoms with Crippen molar-refractivity contribution in [2.45, 2.75) is 25.6 Å². The fourth-order valence-electron chi connectivity index (χ4n) is 1.93. The number of hydrogen-bond donors (Lipinski definition) is 1. The fraction of sp³-hybridized carbons (Fsp3) is 0.400. The summed E-state index contributed by atoms with van der Waals surface area (Å²) < 4.78 is 46.5. The van der Waals surface area contributed by atoms with E-state index in [0.29, 0.717) is 18.1 Å². The molecule has 1 aliphatic rings. The standard InChI is InChI=1S/C15H14F3N3O3/c16-15(17,18)13-20-12(21-24-13)11-5-3-9(4-6-11)7-19-14(22)23-8-10-1-2-10/h3-6,10H,1-2,7-8H2,(H,19,22). The zero-order valence-corrected chi connectivity index (χ0v) is 12.5. The molecule has 1 aliphatic carbocycles. The van der Waals surface area contributed by atoms with E-state index < -0.39 is 18.2 Å². The number of alkyl carbamates (subject to hydrolysis) is 1. The summed E-state index contributed by atoms with van der Waals surface area (Å²) >= 11 is 0. The van der Waals surface area contributed by atoms with Gasteiger partial charge in [0.05, 0.1) is 6.61 Å². The Morgan fingerprint density at radius 2 is 2.00 bits per heavy atom. The minimum absolute atomic E-state index is 0.148. The van der Waals surface area contributed by atoms with E-state index in [1.165, 1.54) is 0 Å². The summed E-state index contributed by atoms with van der Waals surface area (Å²) in [6.07, 6.45) is -2.96. The summed E-state index contributed by atoms with van der Waals surface area (Å²) in [6.45, 7) is 0.688. The van der Waals surface area contributed by atoms with Gasteiger partial charge < -0.3 is 14.6 Å². The largest absolute Gasteiger partial charge is 0.471 e. The molecular weight excluding hydrogens is 327 g/mol. The van der Waals surface area contributed by atoms with Crippen LogP contribution in [0.4, 0.5) is 18.0 Å². The number of nitrogens with one attached hydrogen (secondary N) is 1. The number of rotatable bonds is 5. The number of nitrogens with zero attached hydrogens (tertiary/aromatic N) is 2. The first kappa shape index (κ1) is 16.3. The first-order valence-corrected chi connectivity index (χ1v) is 7.32. The Morgan fingerprint density at radius 1 is 1.29 bits per heavy atom. The van der Waals surface area contributed by atoms with E-state index in [1.54, 1.807) is 24.3 Å². The molecule has 24 heavy (non-hydrogen) atoms. The molecule has 3 rings (SSSR count). The van der Waals surface area contributed by atoms with Gasteiger partial charge in [0.1, 0.15) is 0 Å². The van der Waals surface area contributed by atoms with E-state index in [0.717, 1.165) is 18.4 Å². The summed E-state index contributed by atoms with van der Waals surface area (Å²) in [5, 5.41) is 5.91. The second-order valence-electron chi connectivity index (χ2n) is 5.51. The van der Waals surface area contributed by atoms with Crippen molar-refractivity contribution < 1.29 is 27.2 Å². The molecule has 0 bridgehead atoms. The highest BCUT2D eigenvalue weighted by atomic mass is 19.4. The molecule has 1 saturated carbocycles. The van der Waals surface area contributed by atoms with Crippen molar-refractivity contribution in [1.82, 2.24) is 15.5 Å². The first-order chi connectivity index (χ1) is 11.4. The van der Waals surface area contributed by atoms with E-state index in [-0.39, 0.29) is 12.4 Å². The number of aromatic nitrogens is 2. The molecule has 1 amide bonds. The SMILES string of the molecule is O=C(NCc1ccc(-c2noc(C(F)(F)F)n2)cc1)OCC1CC1. The van der Waals surface area contributed by atoms with Gasteiger partial charge in [-0.1, -0.05) is 29.4 Å². The Kier molecular flexibility index (Phi) is 4.41. The fourth-order valence-corrected chi connectivity index (χ4v) is 1.93. The van der Waals surface area contributed by atoms with Crippen molar-refractivity contribution in [3.8, 4) is 11.4 Å². The van der Waals surface area contributed by atoms with Crippen molar-refractivity contribution >= 4 is 6.09 Å². The van der Waals surface area contributed by atoms with Crippen LogP contribution in [-0.4, -0.2) is 22.8 Å². The van der Waals surface area contributed by atoms with Crippen LogP contribution in [-0.2, 0) is 17.5 Å². The first-order valence-electron chi connectivity index (χ1n) is 7.32. The Balaban J connectivity index is 1.54. The zero-order valence-electron chi connectivity index (χ0n) is 12.5. The molecule has 0 unspecified atom stereocenters. The normalized spacial score (nSPS) is 14.5. The lowest BCUT2D eigenvalue weighted by Crippen LogP contribution is -2.24. The van der Waals surface area contributed by atoms with Gasteiger partial charge in [0.15, 0.2) is 0 Å². The Labute approximate surface area is 135 Å². The molecule has 0 atom stereocenters. The van der Waals surface area contributed by atoms with Crippen LogP contribution >= 0.6 is 0 Å². The highest BCUT2D eigenvalue weighted by Crippen LogP contribution is 2.29. The number of carbonyl (C=O) groups excluding carboxylic acids is 1. The third-order valence-corrected chi connectivity index (χ3v) is 3.46. The van der Waals surface area contributed by atoms with Gasteiger partial charge in [-0.25, -0.2) is 4.79 Å². The van der Waals surface area contributed by atoms with Crippen LogP contribution in [0.5, 0.6) is 0 Å². The third kappa shape index (κ3) is 4.24. The number of ether oxygens (including phenoxy) is 1. The van der Waals surface area contributed by atoms with Crippen molar-refractivity contribution in [2.75, 3.05) is 6.61 Å². The predicted molar refractivity (Wildman–Crippen MR) is 75.6 cm³/mol. The Hall–Kier alpha value is -2.58. The molecule has 0 aliphatic heterocycles. The number of hydrogen-bond acceptors (Lipinski definition) is 5. The predicted octanol–water partition coefficient (Wildman–Crippen LogP) is 3.39. The Morgan fingerprint density at radius 3 is 2.58 bits per heavy atom. The molecular formula is C15H14F3N3O3. The van der Waals surface area contributed by atoms with E-state index in [4.69, 9.17) is 4.74 Å². The molecule has 1 fully saturated rings. The minimum atomic E-state index is -4.67. The van der Waals surface area contributed by atoms with Crippen molar-refractivity contribution in [3.63, 3.8) is 0 Å². The highest BCUT2D eigenvalue weighted by molar-refractivity contribution is 5.67. The summed E-state index contributed by atoms with van der Waals surface area (Å²) in [6, 6.07) is 6.41. The topological polar surface area (TPSA) is 77.3 Å². The monoisotopic (exact) mass is 341 g/mol. The van der Waals surface area contributed by atoms with Crippen LogP contribution in [0, 0.1) is 5.92 Å². The van der Waals surface area contributed by atoms with Gasteiger partial charge in [-0.3, -0.25) is 0 Å². The summed E-state index contributed by atoms with van der Waals surface area (Å²) in [5.41, 5.74) is 1.15. The second-order valence-corrected chi connectivity index (χ2v) is 5.51. The summed E-state index contributed by atoms with van der Waals surface area (Å²) in [7, 11) is 0. The van der Waals surface area contributed by atoms with Gasteiger partial charge in [0, 0.05) is 12.1 Å². The maximum atomic E-state index is 12.4. The van der Waals surface area contributed by atoms with Crippen molar-refractivity contribution in [3.05, 3.63) is 35.7 Å². The van der Waals surface area contributed by atoms with Crippen LogP contribution in [0.2, 0.25) is 0 Å². The lowest BCUT2D eigenvalue weighted by molar-refractivity contribution is -0.159. The molecule has 9 heteroatoms. The van der Waals surface area contributed by atoms with Crippen LogP contribution in [0.1, 0.15) is 24.3 Å². The smallest absolute Gasteiger partial charge is 0.449 e. The molecule has 128 valence electrons. The molecule has 2 aromatic rings. The number of halogens is 3. The lowest BCUT2D eigenvalue weighted by atomic mass is 10.1. The Bertz CT molecular complexity index is 709. The second kappa shape index (κ2) is 6.50. The number of benzene rings is 1. The van der Waals surface area contributed by atoms with Gasteiger partial charge >= 0.3 is 18.2 Å². The van der Waals surface area contributed by atoms with Crippen LogP contribution in [0.3, 0.4) is 0 Å². The van der Waals surface area contributed by atoms with Crippen molar-refractivity contribution in [1.29, 1.82) is 0 Å². The summed E-state index contributed by atoms with van der Waals surface area (Å²) in [5.74, 6) is -1.04. The van der Waals surface area contributed by atoms with E-state index in [2.05, 4.69) is 20.0 Å². The average molecular weight is 341 g/mol. The molecule has 6 nitrogen and oxygen atoms in total. The zero-order chi connectivity index (χ0) is 17.2. The molecule has 0 spiro atoms. The molecule has 1 aromatic heterocycles. The van der Waals surface area contributed by atoms with Crippen LogP contribution in [0.15, 0.2) is 28.8 Å². The van der Waals surface area contributed by atoms with Gasteiger partial charge in [-0.2, -0.15) is 18.2 Å².